The number of rotatable bonds is 4. The average Bonchev–Trinajstić information content (AvgIpc) is 2.44. The monoisotopic (exact) mass is 572 g/mol. The Bertz CT molecular complexity index is 714. The quantitative estimate of drug-likeness (QED) is 0.313. The lowest BCUT2D eigenvalue weighted by Crippen LogP contribution is -1.94. The number of halogens is 4. The molecule has 0 saturated carbocycles. The minimum atomic E-state index is -0.531. The average molecular weight is 576 g/mol. The second-order valence-corrected chi connectivity index (χ2v) is 7.51. The molecule has 2 rings (SSSR count). The van der Waals surface area contributed by atoms with Gasteiger partial charge in [0, 0.05) is 24.3 Å². The zero-order valence-electron chi connectivity index (χ0n) is 10.8. The van der Waals surface area contributed by atoms with E-state index in [0.717, 1.165) is 0 Å². The molecule has 0 saturated heterocycles. The number of nitrogens with zero attached hydrogens (tertiary/aromatic N) is 2. The van der Waals surface area contributed by atoms with Crippen LogP contribution in [0.3, 0.4) is 0 Å². The van der Waals surface area contributed by atoms with Crippen molar-refractivity contribution >= 4 is 75.1 Å². The number of non-ortho nitro benzene ring substituents is 2. The zero-order chi connectivity index (χ0) is 17.3. The molecule has 2 aromatic rings. The molecule has 0 radical (unpaired) electrons. The van der Waals surface area contributed by atoms with Crippen LogP contribution in [0, 0.1) is 20.2 Å². The number of benzene rings is 2. The van der Waals surface area contributed by atoms with Crippen molar-refractivity contribution in [3.63, 3.8) is 0 Å². The van der Waals surface area contributed by atoms with Gasteiger partial charge >= 0.3 is 0 Å². The standard InChI is InChI=1S/C12H4Br4N2O5/c13-7-1-5(17(19)20)2-8(14)11(7)23-12-9(15)3-6(18(21)22)4-10(12)16/h1-4H. The molecule has 2 aromatic carbocycles. The van der Waals surface area contributed by atoms with Crippen molar-refractivity contribution in [2.75, 3.05) is 0 Å². The summed E-state index contributed by atoms with van der Waals surface area (Å²) in [5, 5.41) is 21.7. The van der Waals surface area contributed by atoms with Gasteiger partial charge in [-0.15, -0.1) is 0 Å². The predicted octanol–water partition coefficient (Wildman–Crippen LogP) is 6.35. The van der Waals surface area contributed by atoms with E-state index in [2.05, 4.69) is 63.7 Å². The van der Waals surface area contributed by atoms with E-state index in [0.29, 0.717) is 29.4 Å². The molecule has 0 fully saturated rings. The van der Waals surface area contributed by atoms with E-state index in [1.807, 2.05) is 0 Å². The highest BCUT2D eigenvalue weighted by atomic mass is 79.9. The summed E-state index contributed by atoms with van der Waals surface area (Å²) in [5.41, 5.74) is -0.226. The van der Waals surface area contributed by atoms with E-state index in [1.165, 1.54) is 24.3 Å². The van der Waals surface area contributed by atoms with Crippen molar-refractivity contribution in [3.05, 3.63) is 62.4 Å². The smallest absolute Gasteiger partial charge is 0.271 e. The van der Waals surface area contributed by atoms with Gasteiger partial charge in [0.25, 0.3) is 11.4 Å². The first-order chi connectivity index (χ1) is 10.7. The van der Waals surface area contributed by atoms with Crippen LogP contribution >= 0.6 is 63.7 Å². The molecule has 0 unspecified atom stereocenters. The van der Waals surface area contributed by atoms with Gasteiger partial charge in [0.15, 0.2) is 11.5 Å². The summed E-state index contributed by atoms with van der Waals surface area (Å²) in [7, 11) is 0. The van der Waals surface area contributed by atoms with Crippen LogP contribution in [0.4, 0.5) is 11.4 Å². The second kappa shape index (κ2) is 7.24. The summed E-state index contributed by atoms with van der Waals surface area (Å²) in [5.74, 6) is 0.594. The Kier molecular flexibility index (Phi) is 5.76. The second-order valence-electron chi connectivity index (χ2n) is 4.09. The molecule has 0 aliphatic carbocycles. The molecule has 0 amide bonds. The van der Waals surface area contributed by atoms with Crippen LogP contribution in [0.25, 0.3) is 0 Å². The Hall–Kier alpha value is -1.04. The molecule has 0 N–H and O–H groups in total. The summed E-state index contributed by atoms with van der Waals surface area (Å²) in [6.07, 6.45) is 0. The van der Waals surface area contributed by atoms with E-state index in [-0.39, 0.29) is 11.4 Å². The predicted molar refractivity (Wildman–Crippen MR) is 97.1 cm³/mol. The van der Waals surface area contributed by atoms with Gasteiger partial charge < -0.3 is 4.74 Å². The van der Waals surface area contributed by atoms with Gasteiger partial charge in [-0.3, -0.25) is 20.2 Å². The number of ether oxygens (including phenoxy) is 1. The highest BCUT2D eigenvalue weighted by molar-refractivity contribution is 9.11. The molecular weight excluding hydrogens is 572 g/mol. The Balaban J connectivity index is 2.48. The topological polar surface area (TPSA) is 95.5 Å². The number of nitro benzene ring substituents is 2. The van der Waals surface area contributed by atoms with Crippen LogP contribution in [0.2, 0.25) is 0 Å². The maximum atomic E-state index is 10.8. The van der Waals surface area contributed by atoms with Crippen LogP contribution in [-0.4, -0.2) is 9.85 Å². The SMILES string of the molecule is O=[N+]([O-])c1cc(Br)c(Oc2c(Br)cc([N+](=O)[O-])cc2Br)c(Br)c1. The highest BCUT2D eigenvalue weighted by Crippen LogP contribution is 2.45. The van der Waals surface area contributed by atoms with Crippen LogP contribution < -0.4 is 4.74 Å². The van der Waals surface area contributed by atoms with Crippen LogP contribution in [0.1, 0.15) is 0 Å². The van der Waals surface area contributed by atoms with Crippen molar-refractivity contribution in [3.8, 4) is 11.5 Å². The molecule has 7 nitrogen and oxygen atoms in total. The third-order valence-corrected chi connectivity index (χ3v) is 4.95. The molecule has 0 aliphatic heterocycles. The lowest BCUT2D eigenvalue weighted by Gasteiger charge is -2.13. The van der Waals surface area contributed by atoms with Gasteiger partial charge in [0.1, 0.15) is 0 Å². The highest BCUT2D eigenvalue weighted by Gasteiger charge is 2.20. The number of hydrogen-bond donors (Lipinski definition) is 0. The molecule has 0 heterocycles. The Morgan fingerprint density at radius 3 is 1.17 bits per heavy atom. The van der Waals surface area contributed by atoms with Gasteiger partial charge in [-0.2, -0.15) is 0 Å². The third kappa shape index (κ3) is 4.08. The fourth-order valence-electron chi connectivity index (χ4n) is 1.60. The van der Waals surface area contributed by atoms with Gasteiger partial charge in [-0.25, -0.2) is 0 Å². The van der Waals surface area contributed by atoms with Gasteiger partial charge in [0.2, 0.25) is 0 Å². The largest absolute Gasteiger partial charge is 0.453 e. The maximum Gasteiger partial charge on any atom is 0.271 e. The van der Waals surface area contributed by atoms with Crippen molar-refractivity contribution in [2.24, 2.45) is 0 Å². The zero-order valence-corrected chi connectivity index (χ0v) is 17.1. The Morgan fingerprint density at radius 2 is 0.957 bits per heavy atom. The maximum absolute atomic E-state index is 10.8. The van der Waals surface area contributed by atoms with E-state index in [9.17, 15) is 20.2 Å². The van der Waals surface area contributed by atoms with Gasteiger partial charge in [-0.05, 0) is 63.7 Å². The lowest BCUT2D eigenvalue weighted by molar-refractivity contribution is -0.385. The molecule has 120 valence electrons. The van der Waals surface area contributed by atoms with Gasteiger partial charge in [-0.1, -0.05) is 0 Å². The summed E-state index contributed by atoms with van der Waals surface area (Å²) in [4.78, 5) is 20.6. The molecule has 0 aliphatic rings. The molecule has 11 heteroatoms. The van der Waals surface area contributed by atoms with Crippen LogP contribution in [0.15, 0.2) is 42.2 Å². The van der Waals surface area contributed by atoms with Crippen molar-refractivity contribution < 1.29 is 14.6 Å². The number of hydrogen-bond acceptors (Lipinski definition) is 5. The normalized spacial score (nSPS) is 10.4. The molecule has 23 heavy (non-hydrogen) atoms. The molecule has 0 atom stereocenters. The van der Waals surface area contributed by atoms with E-state index in [1.54, 1.807) is 0 Å². The first-order valence-electron chi connectivity index (χ1n) is 5.65. The fraction of sp³-hybridized carbons (Fsp3) is 0. The lowest BCUT2D eigenvalue weighted by atomic mass is 10.3. The van der Waals surface area contributed by atoms with Crippen molar-refractivity contribution in [1.82, 2.24) is 0 Å². The van der Waals surface area contributed by atoms with Crippen molar-refractivity contribution in [1.29, 1.82) is 0 Å². The van der Waals surface area contributed by atoms with Crippen LogP contribution in [-0.2, 0) is 0 Å². The first kappa shape index (κ1) is 18.3. The minimum Gasteiger partial charge on any atom is -0.453 e. The summed E-state index contributed by atoms with van der Waals surface area (Å²) in [6, 6.07) is 5.20. The molecule has 0 spiro atoms. The summed E-state index contributed by atoms with van der Waals surface area (Å²) < 4.78 is 7.17. The van der Waals surface area contributed by atoms with Crippen LogP contribution in [0.5, 0.6) is 11.5 Å². The summed E-state index contributed by atoms with van der Waals surface area (Å²) in [6.45, 7) is 0. The van der Waals surface area contributed by atoms with Gasteiger partial charge in [0.05, 0.1) is 27.7 Å². The van der Waals surface area contributed by atoms with E-state index < -0.39 is 9.85 Å². The number of nitro groups is 2. The van der Waals surface area contributed by atoms with E-state index in [4.69, 9.17) is 4.74 Å². The fourth-order valence-corrected chi connectivity index (χ4v) is 4.25. The third-order valence-electron chi connectivity index (χ3n) is 2.59. The van der Waals surface area contributed by atoms with Crippen molar-refractivity contribution in [2.45, 2.75) is 0 Å². The Morgan fingerprint density at radius 1 is 0.696 bits per heavy atom. The van der Waals surface area contributed by atoms with E-state index >= 15 is 0 Å². The minimum absolute atomic E-state index is 0.113. The molecule has 0 aromatic heterocycles. The Labute approximate surface area is 162 Å². The first-order valence-corrected chi connectivity index (χ1v) is 8.82. The summed E-state index contributed by atoms with van der Waals surface area (Å²) >= 11 is 12.8. The molecular formula is C12H4Br4N2O5. The molecule has 0 bridgehead atoms.